The summed E-state index contributed by atoms with van der Waals surface area (Å²) >= 11 is 9.09. The number of rotatable bonds is 2. The predicted molar refractivity (Wildman–Crippen MR) is 65.7 cm³/mol. The van der Waals surface area contributed by atoms with E-state index in [1.54, 1.807) is 30.5 Å². The largest absolute Gasteiger partial charge is 0.307 e. The monoisotopic (exact) mass is 299 g/mol. The van der Waals surface area contributed by atoms with Crippen LogP contribution in [-0.4, -0.2) is 16.1 Å². The van der Waals surface area contributed by atoms with Crippen LogP contribution in [0.15, 0.2) is 34.9 Å². The van der Waals surface area contributed by atoms with Crippen molar-refractivity contribution in [3.05, 3.63) is 45.5 Å². The SMILES string of the molecule is O=C(Nc1ccn[nH]1)c1ccc(Cl)c(Br)c1. The fourth-order valence-electron chi connectivity index (χ4n) is 1.16. The molecule has 1 aromatic heterocycles. The van der Waals surface area contributed by atoms with Gasteiger partial charge in [-0.05, 0) is 34.1 Å². The van der Waals surface area contributed by atoms with Gasteiger partial charge in [-0.3, -0.25) is 9.89 Å². The van der Waals surface area contributed by atoms with Gasteiger partial charge >= 0.3 is 0 Å². The van der Waals surface area contributed by atoms with Gasteiger partial charge in [0.25, 0.3) is 5.91 Å². The minimum atomic E-state index is -0.221. The molecule has 0 saturated heterocycles. The summed E-state index contributed by atoms with van der Waals surface area (Å²) in [5.74, 6) is 0.331. The Morgan fingerprint density at radius 1 is 1.44 bits per heavy atom. The van der Waals surface area contributed by atoms with E-state index in [1.807, 2.05) is 0 Å². The van der Waals surface area contributed by atoms with Crippen molar-refractivity contribution in [3.63, 3.8) is 0 Å². The molecular formula is C10H7BrClN3O. The number of hydrogen-bond donors (Lipinski definition) is 2. The van der Waals surface area contributed by atoms with Crippen molar-refractivity contribution in [2.75, 3.05) is 5.32 Å². The lowest BCUT2D eigenvalue weighted by Gasteiger charge is -2.03. The van der Waals surface area contributed by atoms with Crippen LogP contribution in [0.2, 0.25) is 5.02 Å². The number of nitrogens with zero attached hydrogens (tertiary/aromatic N) is 1. The van der Waals surface area contributed by atoms with Gasteiger partial charge in [0.15, 0.2) is 0 Å². The van der Waals surface area contributed by atoms with Crippen LogP contribution in [0.5, 0.6) is 0 Å². The summed E-state index contributed by atoms with van der Waals surface area (Å²) in [5, 5.41) is 9.61. The van der Waals surface area contributed by atoms with Crippen LogP contribution in [0.25, 0.3) is 0 Å². The molecule has 2 rings (SSSR count). The van der Waals surface area contributed by atoms with Gasteiger partial charge in [0.2, 0.25) is 0 Å². The fourth-order valence-corrected chi connectivity index (χ4v) is 1.65. The van der Waals surface area contributed by atoms with Crippen molar-refractivity contribution in [1.82, 2.24) is 10.2 Å². The molecule has 2 aromatic rings. The van der Waals surface area contributed by atoms with Gasteiger partial charge in [-0.1, -0.05) is 11.6 Å². The highest BCUT2D eigenvalue weighted by Crippen LogP contribution is 2.23. The summed E-state index contributed by atoms with van der Waals surface area (Å²) < 4.78 is 0.687. The van der Waals surface area contributed by atoms with Gasteiger partial charge < -0.3 is 5.32 Å². The van der Waals surface area contributed by atoms with E-state index < -0.39 is 0 Å². The summed E-state index contributed by atoms with van der Waals surface area (Å²) in [6.45, 7) is 0. The van der Waals surface area contributed by atoms with E-state index in [0.717, 1.165) is 0 Å². The molecule has 1 aromatic carbocycles. The maximum atomic E-state index is 11.8. The molecule has 4 nitrogen and oxygen atoms in total. The quantitative estimate of drug-likeness (QED) is 0.895. The molecule has 0 saturated carbocycles. The average Bonchev–Trinajstić information content (AvgIpc) is 2.74. The van der Waals surface area contributed by atoms with Crippen LogP contribution in [0.4, 0.5) is 5.82 Å². The van der Waals surface area contributed by atoms with Gasteiger partial charge in [0.05, 0.1) is 11.2 Å². The van der Waals surface area contributed by atoms with Crippen LogP contribution in [0.3, 0.4) is 0 Å². The number of H-pyrrole nitrogens is 1. The minimum absolute atomic E-state index is 0.221. The Balaban J connectivity index is 2.18. The van der Waals surface area contributed by atoms with Crippen molar-refractivity contribution in [2.24, 2.45) is 0 Å². The predicted octanol–water partition coefficient (Wildman–Crippen LogP) is 3.08. The van der Waals surface area contributed by atoms with E-state index in [1.165, 1.54) is 0 Å². The summed E-state index contributed by atoms with van der Waals surface area (Å²) in [4.78, 5) is 11.8. The van der Waals surface area contributed by atoms with E-state index >= 15 is 0 Å². The Labute approximate surface area is 105 Å². The zero-order chi connectivity index (χ0) is 11.5. The first-order valence-corrected chi connectivity index (χ1v) is 5.59. The maximum absolute atomic E-state index is 11.8. The first-order valence-electron chi connectivity index (χ1n) is 4.42. The number of aromatic amines is 1. The van der Waals surface area contributed by atoms with E-state index in [-0.39, 0.29) is 5.91 Å². The summed E-state index contributed by atoms with van der Waals surface area (Å²) in [6.07, 6.45) is 1.56. The Morgan fingerprint density at radius 3 is 2.88 bits per heavy atom. The average molecular weight is 301 g/mol. The van der Waals surface area contributed by atoms with Crippen LogP contribution in [0, 0.1) is 0 Å². The molecule has 0 bridgehead atoms. The van der Waals surface area contributed by atoms with Gasteiger partial charge in [-0.15, -0.1) is 0 Å². The molecule has 0 atom stereocenters. The highest BCUT2D eigenvalue weighted by atomic mass is 79.9. The van der Waals surface area contributed by atoms with Gasteiger partial charge in [0, 0.05) is 16.1 Å². The molecule has 0 aliphatic rings. The zero-order valence-corrected chi connectivity index (χ0v) is 10.3. The maximum Gasteiger partial charge on any atom is 0.256 e. The number of nitrogens with one attached hydrogen (secondary N) is 2. The molecular weight excluding hydrogens is 293 g/mol. The number of carbonyl (C=O) groups is 1. The first-order chi connectivity index (χ1) is 7.66. The Kier molecular flexibility index (Phi) is 3.26. The number of hydrogen-bond acceptors (Lipinski definition) is 2. The van der Waals surface area contributed by atoms with E-state index in [0.29, 0.717) is 20.9 Å². The van der Waals surface area contributed by atoms with Crippen molar-refractivity contribution in [2.45, 2.75) is 0 Å². The number of aromatic nitrogens is 2. The second-order valence-electron chi connectivity index (χ2n) is 3.05. The van der Waals surface area contributed by atoms with Crippen molar-refractivity contribution in [1.29, 1.82) is 0 Å². The van der Waals surface area contributed by atoms with Crippen LogP contribution < -0.4 is 5.32 Å². The van der Waals surface area contributed by atoms with Crippen molar-refractivity contribution >= 4 is 39.3 Å². The molecule has 2 N–H and O–H groups in total. The molecule has 0 aliphatic carbocycles. The molecule has 16 heavy (non-hydrogen) atoms. The number of halogens is 2. The second kappa shape index (κ2) is 4.67. The first kappa shape index (κ1) is 11.2. The number of benzene rings is 1. The van der Waals surface area contributed by atoms with Gasteiger partial charge in [-0.2, -0.15) is 5.10 Å². The molecule has 0 fully saturated rings. The number of amides is 1. The van der Waals surface area contributed by atoms with Crippen LogP contribution in [0.1, 0.15) is 10.4 Å². The summed E-state index contributed by atoms with van der Waals surface area (Å²) in [5.41, 5.74) is 0.519. The van der Waals surface area contributed by atoms with Gasteiger partial charge in [-0.25, -0.2) is 0 Å². The summed E-state index contributed by atoms with van der Waals surface area (Å²) in [6, 6.07) is 6.64. The lowest BCUT2D eigenvalue weighted by molar-refractivity contribution is 0.102. The molecule has 0 radical (unpaired) electrons. The lowest BCUT2D eigenvalue weighted by atomic mass is 10.2. The third kappa shape index (κ3) is 2.43. The third-order valence-corrected chi connectivity index (χ3v) is 3.14. The Bertz CT molecular complexity index is 513. The van der Waals surface area contributed by atoms with E-state index in [4.69, 9.17) is 11.6 Å². The lowest BCUT2D eigenvalue weighted by Crippen LogP contribution is -2.12. The Hall–Kier alpha value is -1.33. The second-order valence-corrected chi connectivity index (χ2v) is 4.31. The zero-order valence-electron chi connectivity index (χ0n) is 8.00. The summed E-state index contributed by atoms with van der Waals surface area (Å²) in [7, 11) is 0. The molecule has 0 spiro atoms. The molecule has 1 amide bonds. The molecule has 82 valence electrons. The van der Waals surface area contributed by atoms with Crippen molar-refractivity contribution in [3.8, 4) is 0 Å². The van der Waals surface area contributed by atoms with E-state index in [9.17, 15) is 4.79 Å². The third-order valence-electron chi connectivity index (χ3n) is 1.93. The highest BCUT2D eigenvalue weighted by Gasteiger charge is 2.08. The van der Waals surface area contributed by atoms with Crippen LogP contribution in [-0.2, 0) is 0 Å². The molecule has 6 heteroatoms. The Morgan fingerprint density at radius 2 is 2.25 bits per heavy atom. The van der Waals surface area contributed by atoms with Crippen LogP contribution >= 0.6 is 27.5 Å². The topological polar surface area (TPSA) is 57.8 Å². The smallest absolute Gasteiger partial charge is 0.256 e. The molecule has 1 heterocycles. The molecule has 0 aliphatic heterocycles. The standard InChI is InChI=1S/C10H7BrClN3O/c11-7-5-6(1-2-8(7)12)10(16)14-9-3-4-13-15-9/h1-5H,(H2,13,14,15,16). The normalized spacial score (nSPS) is 10.1. The molecule has 0 unspecified atom stereocenters. The minimum Gasteiger partial charge on any atom is -0.307 e. The van der Waals surface area contributed by atoms with Crippen molar-refractivity contribution < 1.29 is 4.79 Å². The fraction of sp³-hybridized carbons (Fsp3) is 0. The number of anilines is 1. The van der Waals surface area contributed by atoms with E-state index in [2.05, 4.69) is 31.4 Å². The highest BCUT2D eigenvalue weighted by molar-refractivity contribution is 9.10. The number of carbonyl (C=O) groups excluding carboxylic acids is 1. The van der Waals surface area contributed by atoms with Gasteiger partial charge in [0.1, 0.15) is 5.82 Å².